The first kappa shape index (κ1) is 29.4. The Bertz CT molecular complexity index is 578. The molecule has 7 nitrogen and oxygen atoms in total. The molecule has 0 heterocycles. The van der Waals surface area contributed by atoms with Gasteiger partial charge in [0, 0.05) is 12.8 Å². The number of carbonyl (C=O) groups is 3. The Labute approximate surface area is 188 Å². The minimum Gasteiger partial charge on any atom is -0.481 e. The second-order valence-corrected chi connectivity index (χ2v) is 9.85. The van der Waals surface area contributed by atoms with E-state index in [4.69, 9.17) is 5.73 Å². The Morgan fingerprint density at radius 1 is 0.774 bits per heavy atom. The van der Waals surface area contributed by atoms with E-state index in [1.54, 1.807) is 20.8 Å². The second-order valence-electron chi connectivity index (χ2n) is 9.85. The second kappa shape index (κ2) is 13.7. The number of rotatable bonds is 18. The number of amides is 1. The number of nitrogens with one attached hydrogen (secondary N) is 1. The molecule has 2 atom stereocenters. The van der Waals surface area contributed by atoms with Crippen molar-refractivity contribution in [3.05, 3.63) is 0 Å². The van der Waals surface area contributed by atoms with Crippen molar-refractivity contribution in [3.8, 4) is 0 Å². The third-order valence-corrected chi connectivity index (χ3v) is 6.69. The highest BCUT2D eigenvalue weighted by Gasteiger charge is 2.52. The molecule has 1 unspecified atom stereocenters. The van der Waals surface area contributed by atoms with Crippen LogP contribution < -0.4 is 11.1 Å². The van der Waals surface area contributed by atoms with Gasteiger partial charge in [0.15, 0.2) is 5.66 Å². The van der Waals surface area contributed by atoms with Gasteiger partial charge in [0.1, 0.15) is 0 Å². The molecular formula is C24H46N2O5. The fraction of sp³-hybridized carbons (Fsp3) is 0.875. The van der Waals surface area contributed by atoms with E-state index in [2.05, 4.69) is 12.2 Å². The average Bonchev–Trinajstić information content (AvgIpc) is 2.65. The van der Waals surface area contributed by atoms with Crippen LogP contribution in [0.5, 0.6) is 0 Å². The van der Waals surface area contributed by atoms with Crippen LogP contribution in [0.2, 0.25) is 0 Å². The van der Waals surface area contributed by atoms with Gasteiger partial charge in [-0.3, -0.25) is 15.3 Å². The molecule has 0 bridgehead atoms. The van der Waals surface area contributed by atoms with Crippen molar-refractivity contribution in [3.63, 3.8) is 0 Å². The lowest BCUT2D eigenvalue weighted by Crippen LogP contribution is -2.64. The van der Waals surface area contributed by atoms with E-state index < -0.39 is 34.3 Å². The first-order valence-electron chi connectivity index (χ1n) is 11.9. The first-order valence-corrected chi connectivity index (χ1v) is 11.9. The Morgan fingerprint density at radius 2 is 1.26 bits per heavy atom. The van der Waals surface area contributed by atoms with Crippen LogP contribution in [0.3, 0.4) is 0 Å². The van der Waals surface area contributed by atoms with E-state index in [0.29, 0.717) is 19.3 Å². The van der Waals surface area contributed by atoms with Crippen molar-refractivity contribution >= 4 is 17.8 Å². The normalized spacial score (nSPS) is 15.7. The smallest absolute Gasteiger partial charge is 0.344 e. The first-order chi connectivity index (χ1) is 14.4. The van der Waals surface area contributed by atoms with Crippen LogP contribution in [-0.4, -0.2) is 33.7 Å². The number of carbonyl (C=O) groups excluding carboxylic acids is 1. The monoisotopic (exact) mass is 442 g/mol. The molecule has 0 rings (SSSR count). The molecule has 7 heteroatoms. The van der Waals surface area contributed by atoms with Crippen LogP contribution in [0.25, 0.3) is 0 Å². The third kappa shape index (κ3) is 9.58. The minimum atomic E-state index is -2.01. The van der Waals surface area contributed by atoms with Crippen LogP contribution >= 0.6 is 0 Å². The maximum Gasteiger partial charge on any atom is 0.344 e. The number of carboxylic acids is 2. The van der Waals surface area contributed by atoms with Gasteiger partial charge in [0.25, 0.3) is 0 Å². The predicted molar refractivity (Wildman–Crippen MR) is 124 cm³/mol. The van der Waals surface area contributed by atoms with E-state index >= 15 is 0 Å². The van der Waals surface area contributed by atoms with Crippen molar-refractivity contribution in [1.29, 1.82) is 0 Å². The zero-order chi connectivity index (χ0) is 24.1. The number of hydrogen-bond donors (Lipinski definition) is 4. The zero-order valence-electron chi connectivity index (χ0n) is 20.4. The van der Waals surface area contributed by atoms with Gasteiger partial charge in [0.05, 0.1) is 5.41 Å². The summed E-state index contributed by atoms with van der Waals surface area (Å²) in [4.78, 5) is 36.3. The summed E-state index contributed by atoms with van der Waals surface area (Å²) in [6, 6.07) is 0. The van der Waals surface area contributed by atoms with Crippen molar-refractivity contribution in [1.82, 2.24) is 5.32 Å². The molecule has 0 aromatic rings. The fourth-order valence-corrected chi connectivity index (χ4v) is 4.21. The molecule has 1 amide bonds. The lowest BCUT2D eigenvalue weighted by Gasteiger charge is -2.44. The molecule has 0 aromatic heterocycles. The Balaban J connectivity index is 4.77. The minimum absolute atomic E-state index is 0.179. The summed E-state index contributed by atoms with van der Waals surface area (Å²) in [7, 11) is 0. The maximum atomic E-state index is 12.4. The summed E-state index contributed by atoms with van der Waals surface area (Å²) < 4.78 is 0. The molecule has 0 radical (unpaired) electrons. The quantitative estimate of drug-likeness (QED) is 0.173. The van der Waals surface area contributed by atoms with Gasteiger partial charge in [-0.15, -0.1) is 0 Å². The summed E-state index contributed by atoms with van der Waals surface area (Å²) in [5.74, 6) is -2.76. The molecular weight excluding hydrogens is 396 g/mol. The van der Waals surface area contributed by atoms with Crippen LogP contribution in [0, 0.1) is 10.8 Å². The average molecular weight is 443 g/mol. The van der Waals surface area contributed by atoms with Crippen molar-refractivity contribution < 1.29 is 24.6 Å². The molecule has 0 aliphatic rings. The molecule has 0 aliphatic heterocycles. The summed E-state index contributed by atoms with van der Waals surface area (Å²) >= 11 is 0. The van der Waals surface area contributed by atoms with Gasteiger partial charge < -0.3 is 15.5 Å². The number of unbranched alkanes of at least 4 members (excludes halogenated alkanes) is 8. The highest BCUT2D eigenvalue weighted by atomic mass is 16.4. The van der Waals surface area contributed by atoms with Crippen LogP contribution in [0.15, 0.2) is 0 Å². The summed E-state index contributed by atoms with van der Waals surface area (Å²) in [6.07, 6.45) is 11.2. The van der Waals surface area contributed by atoms with Gasteiger partial charge in [-0.1, -0.05) is 85.5 Å². The van der Waals surface area contributed by atoms with Crippen LogP contribution in [0.1, 0.15) is 118 Å². The van der Waals surface area contributed by atoms with Crippen molar-refractivity contribution in [2.45, 2.75) is 124 Å². The molecule has 5 N–H and O–H groups in total. The maximum absolute atomic E-state index is 12.4. The SMILES string of the molecule is CCCCCCCCCCCC(=O)NC(N)(CC(C)(C)[C@@](C)(CCC)C(=O)O)C(=O)O. The number of hydrogen-bond acceptors (Lipinski definition) is 4. The van der Waals surface area contributed by atoms with E-state index in [-0.39, 0.29) is 12.8 Å². The third-order valence-electron chi connectivity index (χ3n) is 6.69. The fourth-order valence-electron chi connectivity index (χ4n) is 4.21. The van der Waals surface area contributed by atoms with Gasteiger partial charge in [-0.2, -0.15) is 0 Å². The molecule has 0 aliphatic carbocycles. The molecule has 0 fully saturated rings. The van der Waals surface area contributed by atoms with Gasteiger partial charge in [-0.05, 0) is 25.2 Å². The predicted octanol–water partition coefficient (Wildman–Crippen LogP) is 5.07. The van der Waals surface area contributed by atoms with Crippen molar-refractivity contribution in [2.24, 2.45) is 16.6 Å². The van der Waals surface area contributed by atoms with Crippen molar-refractivity contribution in [2.75, 3.05) is 0 Å². The summed E-state index contributed by atoms with van der Waals surface area (Å²) in [5, 5.41) is 22.0. The Kier molecular flexibility index (Phi) is 13.0. The number of nitrogens with two attached hydrogens (primary N) is 1. The zero-order valence-corrected chi connectivity index (χ0v) is 20.4. The summed E-state index contributed by atoms with van der Waals surface area (Å²) in [6.45, 7) is 9.10. The van der Waals surface area contributed by atoms with E-state index in [1.807, 2.05) is 6.92 Å². The molecule has 0 saturated carbocycles. The topological polar surface area (TPSA) is 130 Å². The lowest BCUT2D eigenvalue weighted by molar-refractivity contribution is -0.161. The Morgan fingerprint density at radius 3 is 1.68 bits per heavy atom. The highest BCUT2D eigenvalue weighted by molar-refractivity contribution is 5.86. The molecule has 31 heavy (non-hydrogen) atoms. The van der Waals surface area contributed by atoms with E-state index in [9.17, 15) is 24.6 Å². The lowest BCUT2D eigenvalue weighted by atomic mass is 9.61. The van der Waals surface area contributed by atoms with Gasteiger partial charge in [-0.25, -0.2) is 4.79 Å². The number of aliphatic carboxylic acids is 2. The number of carboxylic acid groups (broad SMARTS) is 2. The summed E-state index contributed by atoms with van der Waals surface area (Å²) in [5.41, 5.74) is 1.98. The van der Waals surface area contributed by atoms with E-state index in [1.165, 1.54) is 32.1 Å². The molecule has 0 saturated heterocycles. The highest BCUT2D eigenvalue weighted by Crippen LogP contribution is 2.47. The van der Waals surface area contributed by atoms with Crippen LogP contribution in [-0.2, 0) is 14.4 Å². The largest absolute Gasteiger partial charge is 0.481 e. The molecule has 182 valence electrons. The molecule has 0 aromatic carbocycles. The Hall–Kier alpha value is -1.63. The molecule has 0 spiro atoms. The standard InChI is InChI=1S/C24H46N2O5/c1-6-8-9-10-11-12-13-14-15-16-19(27)26-24(25,21(30)31)18-22(3,4)23(5,17-7-2)20(28)29/h6-18,25H2,1-5H3,(H,26,27)(H,28,29)(H,30,31)/t23-,24?/m0/s1. The van der Waals surface area contributed by atoms with Crippen LogP contribution in [0.4, 0.5) is 0 Å². The van der Waals surface area contributed by atoms with E-state index in [0.717, 1.165) is 19.3 Å². The van der Waals surface area contributed by atoms with Gasteiger partial charge >= 0.3 is 11.9 Å². The van der Waals surface area contributed by atoms with Gasteiger partial charge in [0.2, 0.25) is 5.91 Å².